The lowest BCUT2D eigenvalue weighted by Crippen LogP contribution is -2.18. The Kier molecular flexibility index (Phi) is 3.43. The molecule has 1 heterocycles. The maximum Gasteiger partial charge on any atom is 0.0748 e. The van der Waals surface area contributed by atoms with Gasteiger partial charge >= 0.3 is 0 Å². The van der Waals surface area contributed by atoms with E-state index in [4.69, 9.17) is 4.74 Å². The summed E-state index contributed by atoms with van der Waals surface area (Å²) in [7, 11) is 0. The monoisotopic (exact) mass is 255 g/mol. The van der Waals surface area contributed by atoms with E-state index in [9.17, 15) is 0 Å². The van der Waals surface area contributed by atoms with Gasteiger partial charge in [-0.05, 0) is 37.1 Å². The lowest BCUT2D eigenvalue weighted by molar-refractivity contribution is 0.120. The van der Waals surface area contributed by atoms with Crippen molar-refractivity contribution in [3.63, 3.8) is 0 Å². The maximum absolute atomic E-state index is 5.53. The molecule has 76 valence electrons. The van der Waals surface area contributed by atoms with Crippen molar-refractivity contribution in [3.8, 4) is 0 Å². The van der Waals surface area contributed by atoms with E-state index in [0.717, 1.165) is 23.3 Å². The summed E-state index contributed by atoms with van der Waals surface area (Å²) < 4.78 is 6.64. The molecule has 1 aromatic rings. The summed E-state index contributed by atoms with van der Waals surface area (Å²) in [5.41, 5.74) is 1.16. The van der Waals surface area contributed by atoms with Crippen LogP contribution in [0, 0.1) is 0 Å². The normalized spacial score (nSPS) is 21.1. The Morgan fingerprint density at radius 1 is 1.36 bits per heavy atom. The highest BCUT2D eigenvalue weighted by Gasteiger charge is 2.14. The van der Waals surface area contributed by atoms with Crippen LogP contribution in [0.2, 0.25) is 0 Å². The van der Waals surface area contributed by atoms with E-state index in [1.165, 1.54) is 12.8 Å². The highest BCUT2D eigenvalue weighted by atomic mass is 79.9. The van der Waals surface area contributed by atoms with E-state index in [0.29, 0.717) is 6.10 Å². The van der Waals surface area contributed by atoms with Gasteiger partial charge in [0.1, 0.15) is 0 Å². The molecule has 0 amide bonds. The SMILES string of the molecule is Brc1ccc(NC[C@@H]2CCCO2)cc1. The fraction of sp³-hybridized carbons (Fsp3) is 0.455. The molecule has 14 heavy (non-hydrogen) atoms. The molecule has 1 atom stereocenters. The highest BCUT2D eigenvalue weighted by molar-refractivity contribution is 9.10. The topological polar surface area (TPSA) is 21.3 Å². The first-order chi connectivity index (χ1) is 6.84. The van der Waals surface area contributed by atoms with Gasteiger partial charge in [-0.3, -0.25) is 0 Å². The van der Waals surface area contributed by atoms with E-state index in [2.05, 4.69) is 33.4 Å². The predicted octanol–water partition coefficient (Wildman–Crippen LogP) is 3.04. The van der Waals surface area contributed by atoms with Crippen LogP contribution in [0.15, 0.2) is 28.7 Å². The summed E-state index contributed by atoms with van der Waals surface area (Å²) in [5, 5.41) is 3.37. The zero-order valence-electron chi connectivity index (χ0n) is 8.00. The number of halogens is 1. The molecule has 0 aromatic heterocycles. The second kappa shape index (κ2) is 4.80. The first kappa shape index (κ1) is 9.99. The van der Waals surface area contributed by atoms with Gasteiger partial charge in [0.25, 0.3) is 0 Å². The van der Waals surface area contributed by atoms with Crippen LogP contribution in [-0.4, -0.2) is 19.3 Å². The largest absolute Gasteiger partial charge is 0.382 e. The molecule has 1 aromatic carbocycles. The third-order valence-corrected chi connectivity index (χ3v) is 2.93. The summed E-state index contributed by atoms with van der Waals surface area (Å²) in [6, 6.07) is 8.22. The van der Waals surface area contributed by atoms with Crippen molar-refractivity contribution in [2.24, 2.45) is 0 Å². The molecular weight excluding hydrogens is 242 g/mol. The second-order valence-electron chi connectivity index (χ2n) is 3.52. The molecule has 1 saturated heterocycles. The first-order valence-corrected chi connectivity index (χ1v) is 5.75. The fourth-order valence-electron chi connectivity index (χ4n) is 1.60. The van der Waals surface area contributed by atoms with Gasteiger partial charge in [-0.1, -0.05) is 15.9 Å². The number of hydrogen-bond donors (Lipinski definition) is 1. The molecule has 1 fully saturated rings. The third kappa shape index (κ3) is 2.72. The molecule has 0 radical (unpaired) electrons. The van der Waals surface area contributed by atoms with E-state index < -0.39 is 0 Å². The van der Waals surface area contributed by atoms with Crippen LogP contribution in [0.25, 0.3) is 0 Å². The second-order valence-corrected chi connectivity index (χ2v) is 4.44. The Morgan fingerprint density at radius 3 is 2.79 bits per heavy atom. The van der Waals surface area contributed by atoms with E-state index in [-0.39, 0.29) is 0 Å². The minimum atomic E-state index is 0.402. The summed E-state index contributed by atoms with van der Waals surface area (Å²) in [6.07, 6.45) is 2.79. The van der Waals surface area contributed by atoms with E-state index in [1.54, 1.807) is 0 Å². The quantitative estimate of drug-likeness (QED) is 0.897. The Balaban J connectivity index is 1.82. The fourth-order valence-corrected chi connectivity index (χ4v) is 1.87. The van der Waals surface area contributed by atoms with Crippen molar-refractivity contribution in [2.45, 2.75) is 18.9 Å². The van der Waals surface area contributed by atoms with Crippen molar-refractivity contribution in [3.05, 3.63) is 28.7 Å². The average Bonchev–Trinajstić information content (AvgIpc) is 2.70. The minimum absolute atomic E-state index is 0.402. The van der Waals surface area contributed by atoms with Crippen LogP contribution < -0.4 is 5.32 Å². The van der Waals surface area contributed by atoms with Gasteiger partial charge < -0.3 is 10.1 Å². The van der Waals surface area contributed by atoms with Gasteiger partial charge in [-0.15, -0.1) is 0 Å². The standard InChI is InChI=1S/C11H14BrNO/c12-9-3-5-10(6-4-9)13-8-11-2-1-7-14-11/h3-6,11,13H,1-2,7-8H2/t11-/m0/s1. The van der Waals surface area contributed by atoms with Crippen LogP contribution in [0.1, 0.15) is 12.8 Å². The predicted molar refractivity (Wildman–Crippen MR) is 61.6 cm³/mol. The van der Waals surface area contributed by atoms with Gasteiger partial charge in [0.2, 0.25) is 0 Å². The molecule has 2 rings (SSSR count). The van der Waals surface area contributed by atoms with Crippen molar-refractivity contribution in [1.82, 2.24) is 0 Å². The Hall–Kier alpha value is -0.540. The molecule has 1 N–H and O–H groups in total. The zero-order chi connectivity index (χ0) is 9.80. The Bertz CT molecular complexity index is 280. The molecule has 0 saturated carbocycles. The molecule has 0 unspecified atom stereocenters. The van der Waals surface area contributed by atoms with Gasteiger partial charge in [-0.2, -0.15) is 0 Å². The van der Waals surface area contributed by atoms with Crippen LogP contribution in [0.3, 0.4) is 0 Å². The Labute approximate surface area is 92.8 Å². The number of anilines is 1. The number of nitrogens with one attached hydrogen (secondary N) is 1. The highest BCUT2D eigenvalue weighted by Crippen LogP contribution is 2.16. The molecule has 1 aliphatic rings. The van der Waals surface area contributed by atoms with Crippen LogP contribution in [0.4, 0.5) is 5.69 Å². The van der Waals surface area contributed by atoms with Crippen LogP contribution in [-0.2, 0) is 4.74 Å². The minimum Gasteiger partial charge on any atom is -0.382 e. The molecule has 1 aliphatic heterocycles. The van der Waals surface area contributed by atoms with Crippen molar-refractivity contribution < 1.29 is 4.74 Å². The van der Waals surface area contributed by atoms with Crippen LogP contribution in [0.5, 0.6) is 0 Å². The summed E-state index contributed by atoms with van der Waals surface area (Å²) >= 11 is 3.41. The number of hydrogen-bond acceptors (Lipinski definition) is 2. The maximum atomic E-state index is 5.53. The van der Waals surface area contributed by atoms with Gasteiger partial charge in [0, 0.05) is 23.3 Å². The summed E-state index contributed by atoms with van der Waals surface area (Å²) in [4.78, 5) is 0. The van der Waals surface area contributed by atoms with Crippen LogP contribution >= 0.6 is 15.9 Å². The molecule has 2 nitrogen and oxygen atoms in total. The van der Waals surface area contributed by atoms with E-state index >= 15 is 0 Å². The summed E-state index contributed by atoms with van der Waals surface area (Å²) in [5.74, 6) is 0. The summed E-state index contributed by atoms with van der Waals surface area (Å²) in [6.45, 7) is 1.84. The number of benzene rings is 1. The molecule has 0 aliphatic carbocycles. The van der Waals surface area contributed by atoms with E-state index in [1.807, 2.05) is 12.1 Å². The lowest BCUT2D eigenvalue weighted by Gasteiger charge is -2.11. The number of rotatable bonds is 3. The van der Waals surface area contributed by atoms with Crippen molar-refractivity contribution in [1.29, 1.82) is 0 Å². The average molecular weight is 256 g/mol. The molecular formula is C11H14BrNO. The smallest absolute Gasteiger partial charge is 0.0748 e. The first-order valence-electron chi connectivity index (χ1n) is 4.95. The Morgan fingerprint density at radius 2 is 2.14 bits per heavy atom. The number of ether oxygens (including phenoxy) is 1. The lowest BCUT2D eigenvalue weighted by atomic mass is 10.2. The zero-order valence-corrected chi connectivity index (χ0v) is 9.59. The van der Waals surface area contributed by atoms with Gasteiger partial charge in [0.15, 0.2) is 0 Å². The van der Waals surface area contributed by atoms with Crippen molar-refractivity contribution >= 4 is 21.6 Å². The molecule has 0 bridgehead atoms. The van der Waals surface area contributed by atoms with Gasteiger partial charge in [0.05, 0.1) is 6.10 Å². The van der Waals surface area contributed by atoms with Crippen molar-refractivity contribution in [2.75, 3.05) is 18.5 Å². The van der Waals surface area contributed by atoms with Gasteiger partial charge in [-0.25, -0.2) is 0 Å². The molecule has 0 spiro atoms. The third-order valence-electron chi connectivity index (χ3n) is 2.40. The molecule has 3 heteroatoms.